The Morgan fingerprint density at radius 2 is 1.78 bits per heavy atom. The molecule has 0 bridgehead atoms. The summed E-state index contributed by atoms with van der Waals surface area (Å²) in [4.78, 5) is 14.4. The summed E-state index contributed by atoms with van der Waals surface area (Å²) in [7, 11) is 0. The first-order chi connectivity index (χ1) is 12.9. The summed E-state index contributed by atoms with van der Waals surface area (Å²) in [6.07, 6.45) is -4.85. The van der Waals surface area contributed by atoms with Gasteiger partial charge in [-0.1, -0.05) is 12.1 Å². The Bertz CT molecular complexity index is 851. The molecule has 1 saturated heterocycles. The maximum Gasteiger partial charge on any atom is 0.416 e. The van der Waals surface area contributed by atoms with E-state index in [1.165, 1.54) is 12.1 Å². The summed E-state index contributed by atoms with van der Waals surface area (Å²) in [6.45, 7) is 1.10. The Morgan fingerprint density at radius 3 is 2.52 bits per heavy atom. The third-order valence-corrected chi connectivity index (χ3v) is 4.58. The number of halogens is 3. The van der Waals surface area contributed by atoms with Gasteiger partial charge >= 0.3 is 6.18 Å². The molecule has 1 amide bonds. The van der Waals surface area contributed by atoms with E-state index in [4.69, 9.17) is 14.2 Å². The Balaban J connectivity index is 1.48. The Labute approximate surface area is 153 Å². The minimum Gasteiger partial charge on any atom is -0.454 e. The minimum atomic E-state index is -4.38. The van der Waals surface area contributed by atoms with Crippen molar-refractivity contribution in [2.75, 3.05) is 26.5 Å². The average molecular weight is 379 g/mol. The lowest BCUT2D eigenvalue weighted by molar-refractivity contribution is -0.137. The van der Waals surface area contributed by atoms with Gasteiger partial charge in [0, 0.05) is 12.1 Å². The molecule has 27 heavy (non-hydrogen) atoms. The van der Waals surface area contributed by atoms with Gasteiger partial charge < -0.3 is 19.1 Å². The summed E-state index contributed by atoms with van der Waals surface area (Å²) in [5.41, 5.74) is 0.355. The van der Waals surface area contributed by atoms with E-state index in [0.717, 1.165) is 12.1 Å². The highest BCUT2D eigenvalue weighted by atomic mass is 19.4. The lowest BCUT2D eigenvalue weighted by Gasteiger charge is -2.33. The van der Waals surface area contributed by atoms with Gasteiger partial charge in [-0.25, -0.2) is 0 Å². The van der Waals surface area contributed by atoms with Gasteiger partial charge in [-0.15, -0.1) is 0 Å². The molecule has 2 heterocycles. The van der Waals surface area contributed by atoms with Crippen LogP contribution in [-0.4, -0.2) is 37.3 Å². The molecule has 4 rings (SSSR count). The highest BCUT2D eigenvalue weighted by Crippen LogP contribution is 2.34. The second-order valence-corrected chi connectivity index (χ2v) is 6.30. The maximum absolute atomic E-state index is 12.8. The molecule has 0 aromatic heterocycles. The fourth-order valence-electron chi connectivity index (χ4n) is 3.13. The van der Waals surface area contributed by atoms with Crippen LogP contribution in [0.1, 0.15) is 27.6 Å². The number of benzene rings is 2. The van der Waals surface area contributed by atoms with Crippen molar-refractivity contribution in [1.29, 1.82) is 0 Å². The van der Waals surface area contributed by atoms with Gasteiger partial charge in [-0.2, -0.15) is 13.2 Å². The molecule has 1 atom stereocenters. The lowest BCUT2D eigenvalue weighted by Crippen LogP contribution is -2.42. The summed E-state index contributed by atoms with van der Waals surface area (Å²) < 4.78 is 54.3. The van der Waals surface area contributed by atoms with E-state index >= 15 is 0 Å². The number of hydrogen-bond acceptors (Lipinski definition) is 4. The number of morpholine rings is 1. The zero-order valence-electron chi connectivity index (χ0n) is 14.2. The lowest BCUT2D eigenvalue weighted by atomic mass is 10.0. The number of nitrogens with zero attached hydrogens (tertiary/aromatic N) is 1. The van der Waals surface area contributed by atoms with Crippen LogP contribution in [0.4, 0.5) is 13.2 Å². The van der Waals surface area contributed by atoms with Crippen molar-refractivity contribution in [3.63, 3.8) is 0 Å². The van der Waals surface area contributed by atoms with Crippen LogP contribution in [0, 0.1) is 0 Å². The molecule has 0 unspecified atom stereocenters. The Morgan fingerprint density at radius 1 is 1.04 bits per heavy atom. The number of amides is 1. The van der Waals surface area contributed by atoms with E-state index in [1.54, 1.807) is 23.1 Å². The smallest absolute Gasteiger partial charge is 0.416 e. The molecule has 0 saturated carbocycles. The SMILES string of the molecule is O=C(c1ccc2c(c1)OCO2)N1CCO[C@@H](c2ccc(C(F)(F)F)cc2)C1. The zero-order valence-corrected chi connectivity index (χ0v) is 14.2. The van der Waals surface area contributed by atoms with Crippen LogP contribution in [0.25, 0.3) is 0 Å². The second kappa shape index (κ2) is 6.77. The van der Waals surface area contributed by atoms with Crippen molar-refractivity contribution < 1.29 is 32.2 Å². The predicted octanol–water partition coefficient (Wildman–Crippen LogP) is 3.65. The number of carbonyl (C=O) groups excluding carboxylic acids is 1. The van der Waals surface area contributed by atoms with Crippen LogP contribution >= 0.6 is 0 Å². The summed E-state index contributed by atoms with van der Waals surface area (Å²) >= 11 is 0. The molecule has 0 aliphatic carbocycles. The molecule has 2 aromatic carbocycles. The third kappa shape index (κ3) is 3.57. The normalized spacial score (nSPS) is 19.2. The van der Waals surface area contributed by atoms with E-state index < -0.39 is 17.8 Å². The van der Waals surface area contributed by atoms with Crippen molar-refractivity contribution >= 4 is 5.91 Å². The quantitative estimate of drug-likeness (QED) is 0.799. The van der Waals surface area contributed by atoms with Gasteiger partial charge in [0.1, 0.15) is 6.10 Å². The Hall–Kier alpha value is -2.74. The van der Waals surface area contributed by atoms with Crippen molar-refractivity contribution in [1.82, 2.24) is 4.90 Å². The van der Waals surface area contributed by atoms with Crippen LogP contribution in [0.15, 0.2) is 42.5 Å². The topological polar surface area (TPSA) is 48.0 Å². The molecule has 5 nitrogen and oxygen atoms in total. The molecule has 142 valence electrons. The van der Waals surface area contributed by atoms with E-state index in [-0.39, 0.29) is 19.2 Å². The summed E-state index contributed by atoms with van der Waals surface area (Å²) in [5.74, 6) is 0.929. The molecular formula is C19H16F3NO4. The minimum absolute atomic E-state index is 0.126. The van der Waals surface area contributed by atoms with Crippen molar-refractivity contribution in [2.45, 2.75) is 12.3 Å². The van der Waals surface area contributed by atoms with E-state index in [1.807, 2.05) is 0 Å². The molecule has 2 aliphatic rings. The van der Waals surface area contributed by atoms with Crippen LogP contribution in [0.5, 0.6) is 11.5 Å². The van der Waals surface area contributed by atoms with Gasteiger partial charge in [0.05, 0.1) is 18.7 Å². The predicted molar refractivity (Wildman–Crippen MR) is 88.6 cm³/mol. The molecular weight excluding hydrogens is 363 g/mol. The van der Waals surface area contributed by atoms with Gasteiger partial charge in [-0.3, -0.25) is 4.79 Å². The molecule has 8 heteroatoms. The molecule has 2 aliphatic heterocycles. The molecule has 0 spiro atoms. The first kappa shape index (κ1) is 17.7. The third-order valence-electron chi connectivity index (χ3n) is 4.58. The largest absolute Gasteiger partial charge is 0.454 e. The number of carbonyl (C=O) groups is 1. The van der Waals surface area contributed by atoms with Crippen LogP contribution in [-0.2, 0) is 10.9 Å². The van der Waals surface area contributed by atoms with Crippen molar-refractivity contribution in [3.8, 4) is 11.5 Å². The fourth-order valence-corrected chi connectivity index (χ4v) is 3.13. The van der Waals surface area contributed by atoms with E-state index in [2.05, 4.69) is 0 Å². The van der Waals surface area contributed by atoms with Crippen molar-refractivity contribution in [2.24, 2.45) is 0 Å². The summed E-state index contributed by atoms with van der Waals surface area (Å²) in [5, 5.41) is 0. The number of ether oxygens (including phenoxy) is 3. The number of alkyl halides is 3. The first-order valence-electron chi connectivity index (χ1n) is 8.39. The highest BCUT2D eigenvalue weighted by Gasteiger charge is 2.31. The first-order valence-corrected chi connectivity index (χ1v) is 8.39. The van der Waals surface area contributed by atoms with Crippen LogP contribution < -0.4 is 9.47 Å². The maximum atomic E-state index is 12.8. The van der Waals surface area contributed by atoms with E-state index in [0.29, 0.717) is 35.8 Å². The van der Waals surface area contributed by atoms with Gasteiger partial charge in [0.25, 0.3) is 5.91 Å². The standard InChI is InChI=1S/C19H16F3NO4/c20-19(21,22)14-4-1-12(2-5-14)17-10-23(7-8-25-17)18(24)13-3-6-15-16(9-13)27-11-26-15/h1-6,9,17H,7-8,10-11H2/t17-/m1/s1. The number of fused-ring (bicyclic) bond motifs is 1. The highest BCUT2D eigenvalue weighted by molar-refractivity contribution is 5.95. The molecule has 0 radical (unpaired) electrons. The van der Waals surface area contributed by atoms with Gasteiger partial charge in [-0.05, 0) is 35.9 Å². The zero-order chi connectivity index (χ0) is 19.0. The molecule has 0 N–H and O–H groups in total. The van der Waals surface area contributed by atoms with Gasteiger partial charge in [0.2, 0.25) is 6.79 Å². The Kier molecular flexibility index (Phi) is 4.43. The van der Waals surface area contributed by atoms with Crippen LogP contribution in [0.2, 0.25) is 0 Å². The molecule has 1 fully saturated rings. The van der Waals surface area contributed by atoms with Gasteiger partial charge in [0.15, 0.2) is 11.5 Å². The average Bonchev–Trinajstić information content (AvgIpc) is 3.15. The number of hydrogen-bond donors (Lipinski definition) is 0. The number of rotatable bonds is 2. The van der Waals surface area contributed by atoms with E-state index in [9.17, 15) is 18.0 Å². The second-order valence-electron chi connectivity index (χ2n) is 6.30. The summed E-state index contributed by atoms with van der Waals surface area (Å²) in [6, 6.07) is 9.81. The van der Waals surface area contributed by atoms with Crippen LogP contribution in [0.3, 0.4) is 0 Å². The monoisotopic (exact) mass is 379 g/mol. The fraction of sp³-hybridized carbons (Fsp3) is 0.316. The van der Waals surface area contributed by atoms with Crippen molar-refractivity contribution in [3.05, 3.63) is 59.2 Å². The molecule has 2 aromatic rings.